The molecule has 0 saturated carbocycles. The van der Waals surface area contributed by atoms with Crippen molar-refractivity contribution in [1.82, 2.24) is 20.5 Å². The number of halogens is 1. The van der Waals surface area contributed by atoms with Crippen molar-refractivity contribution >= 4 is 23.2 Å². The van der Waals surface area contributed by atoms with Gasteiger partial charge in [-0.3, -0.25) is 20.0 Å². The van der Waals surface area contributed by atoms with E-state index in [4.69, 9.17) is 11.6 Å². The number of hydrogen-bond acceptors (Lipinski definition) is 5. The maximum atomic E-state index is 11.8. The number of nitrogens with one attached hydrogen (secondary N) is 2. The molecular formula is C10H8ClN5O3. The summed E-state index contributed by atoms with van der Waals surface area (Å²) < 4.78 is 0. The maximum absolute atomic E-state index is 11.8. The Kier molecular flexibility index (Phi) is 3.71. The predicted octanol–water partition coefficient (Wildman–Crippen LogP) is 1.30. The molecule has 0 aliphatic rings. The van der Waals surface area contributed by atoms with Crippen molar-refractivity contribution in [2.24, 2.45) is 0 Å². The summed E-state index contributed by atoms with van der Waals surface area (Å²) in [4.78, 5) is 25.6. The minimum atomic E-state index is -0.581. The molecule has 2 N–H and O–H groups in total. The van der Waals surface area contributed by atoms with Gasteiger partial charge in [-0.1, -0.05) is 11.6 Å². The summed E-state index contributed by atoms with van der Waals surface area (Å²) in [5.74, 6) is 0.0442. The molecule has 0 unspecified atom stereocenters. The summed E-state index contributed by atoms with van der Waals surface area (Å²) >= 11 is 5.83. The summed E-state index contributed by atoms with van der Waals surface area (Å²) in [5.41, 5.74) is -0.0106. The van der Waals surface area contributed by atoms with E-state index < -0.39 is 10.8 Å². The molecule has 0 spiro atoms. The molecule has 1 heterocycles. The normalized spacial score (nSPS) is 10.2. The third kappa shape index (κ3) is 3.05. The number of hydrogen-bond donors (Lipinski definition) is 2. The number of nitrogens with zero attached hydrogens (tertiary/aromatic N) is 3. The van der Waals surface area contributed by atoms with E-state index in [1.165, 1.54) is 18.5 Å². The molecule has 0 aliphatic heterocycles. The van der Waals surface area contributed by atoms with Crippen molar-refractivity contribution in [3.8, 4) is 0 Å². The first-order valence-corrected chi connectivity index (χ1v) is 5.52. The Labute approximate surface area is 112 Å². The molecule has 0 bridgehead atoms. The van der Waals surface area contributed by atoms with E-state index in [0.717, 1.165) is 6.07 Å². The number of amides is 1. The number of rotatable bonds is 4. The van der Waals surface area contributed by atoms with Crippen molar-refractivity contribution in [1.29, 1.82) is 0 Å². The number of nitro groups is 1. The fourth-order valence-corrected chi connectivity index (χ4v) is 1.64. The average Bonchev–Trinajstić information content (AvgIpc) is 2.88. The fourth-order valence-electron chi connectivity index (χ4n) is 1.38. The highest BCUT2D eigenvalue weighted by molar-refractivity contribution is 6.34. The summed E-state index contributed by atoms with van der Waals surface area (Å²) in [6, 6.07) is 3.65. The fraction of sp³-hybridized carbons (Fsp3) is 0.100. The molecule has 0 fully saturated rings. The molecule has 1 aromatic carbocycles. The molecule has 8 nitrogen and oxygen atoms in total. The quantitative estimate of drug-likeness (QED) is 0.647. The Balaban J connectivity index is 2.09. The zero-order valence-corrected chi connectivity index (χ0v) is 10.2. The highest BCUT2D eigenvalue weighted by Gasteiger charge is 2.14. The summed E-state index contributed by atoms with van der Waals surface area (Å²) in [6.45, 7) is 0.159. The van der Waals surface area contributed by atoms with Gasteiger partial charge in [0, 0.05) is 12.1 Å². The zero-order valence-electron chi connectivity index (χ0n) is 9.46. The number of non-ortho nitro benzene ring substituents is 1. The summed E-state index contributed by atoms with van der Waals surface area (Å²) in [5, 5.41) is 19.3. The Hall–Kier alpha value is -2.48. The molecule has 1 aromatic heterocycles. The lowest BCUT2D eigenvalue weighted by atomic mass is 10.2. The second-order valence-corrected chi connectivity index (χ2v) is 3.94. The van der Waals surface area contributed by atoms with Crippen LogP contribution in [0.15, 0.2) is 24.5 Å². The predicted molar refractivity (Wildman–Crippen MR) is 65.7 cm³/mol. The monoisotopic (exact) mass is 281 g/mol. The third-order valence-corrected chi connectivity index (χ3v) is 2.60. The Morgan fingerprint density at radius 3 is 2.89 bits per heavy atom. The van der Waals surface area contributed by atoms with E-state index in [-0.39, 0.29) is 22.8 Å². The average molecular weight is 282 g/mol. The van der Waals surface area contributed by atoms with Gasteiger partial charge in [-0.05, 0) is 6.07 Å². The third-order valence-electron chi connectivity index (χ3n) is 2.29. The van der Waals surface area contributed by atoms with Crippen molar-refractivity contribution < 1.29 is 9.72 Å². The molecule has 0 aliphatic carbocycles. The van der Waals surface area contributed by atoms with Crippen molar-refractivity contribution in [2.45, 2.75) is 6.54 Å². The van der Waals surface area contributed by atoms with Gasteiger partial charge in [0.1, 0.15) is 12.2 Å². The lowest BCUT2D eigenvalue weighted by molar-refractivity contribution is -0.384. The smallest absolute Gasteiger partial charge is 0.270 e. The van der Waals surface area contributed by atoms with Crippen LogP contribution in [0.5, 0.6) is 0 Å². The van der Waals surface area contributed by atoms with Crippen LogP contribution in [0.2, 0.25) is 5.02 Å². The second kappa shape index (κ2) is 5.44. The van der Waals surface area contributed by atoms with Gasteiger partial charge in [-0.25, -0.2) is 4.98 Å². The lowest BCUT2D eigenvalue weighted by Crippen LogP contribution is -2.23. The van der Waals surface area contributed by atoms with Gasteiger partial charge in [0.2, 0.25) is 0 Å². The minimum Gasteiger partial charge on any atom is -0.345 e. The maximum Gasteiger partial charge on any atom is 0.270 e. The van der Waals surface area contributed by atoms with Gasteiger partial charge in [0.25, 0.3) is 11.6 Å². The van der Waals surface area contributed by atoms with Crippen LogP contribution in [0.3, 0.4) is 0 Å². The first-order chi connectivity index (χ1) is 9.08. The van der Waals surface area contributed by atoms with E-state index in [1.807, 2.05) is 0 Å². The SMILES string of the molecule is O=C(NCc1ncn[nH]1)c1ccc([N+](=O)[O-])cc1Cl. The van der Waals surface area contributed by atoms with Crippen LogP contribution >= 0.6 is 11.6 Å². The van der Waals surface area contributed by atoms with Gasteiger partial charge < -0.3 is 5.32 Å². The van der Waals surface area contributed by atoms with Crippen molar-refractivity contribution in [3.05, 3.63) is 51.1 Å². The van der Waals surface area contributed by atoms with Crippen LogP contribution in [0.4, 0.5) is 5.69 Å². The number of aromatic amines is 1. The molecule has 2 aromatic rings. The molecule has 0 radical (unpaired) electrons. The summed E-state index contributed by atoms with van der Waals surface area (Å²) in [7, 11) is 0. The molecular weight excluding hydrogens is 274 g/mol. The van der Waals surface area contributed by atoms with E-state index in [1.54, 1.807) is 0 Å². The molecule has 0 atom stereocenters. The number of H-pyrrole nitrogens is 1. The molecule has 2 rings (SSSR count). The van der Waals surface area contributed by atoms with E-state index >= 15 is 0 Å². The Morgan fingerprint density at radius 1 is 1.53 bits per heavy atom. The van der Waals surface area contributed by atoms with Gasteiger partial charge in [-0.15, -0.1) is 0 Å². The number of aromatic nitrogens is 3. The van der Waals surface area contributed by atoms with E-state index in [2.05, 4.69) is 20.5 Å². The van der Waals surface area contributed by atoms with Crippen LogP contribution in [0.25, 0.3) is 0 Å². The lowest BCUT2D eigenvalue weighted by Gasteiger charge is -2.04. The summed E-state index contributed by atoms with van der Waals surface area (Å²) in [6.07, 6.45) is 1.32. The topological polar surface area (TPSA) is 114 Å². The molecule has 0 saturated heterocycles. The zero-order chi connectivity index (χ0) is 13.8. The minimum absolute atomic E-state index is 0.0178. The van der Waals surface area contributed by atoms with E-state index in [9.17, 15) is 14.9 Å². The standard InChI is InChI=1S/C10H8ClN5O3/c11-8-3-6(16(18)19)1-2-7(8)10(17)12-4-9-13-5-14-15-9/h1-3,5H,4H2,(H,12,17)(H,13,14,15). The van der Waals surface area contributed by atoms with Crippen LogP contribution in [-0.4, -0.2) is 26.0 Å². The Morgan fingerprint density at radius 2 is 2.32 bits per heavy atom. The Bertz CT molecular complexity index is 614. The largest absolute Gasteiger partial charge is 0.345 e. The molecule has 98 valence electrons. The first-order valence-electron chi connectivity index (χ1n) is 5.14. The van der Waals surface area contributed by atoms with Crippen LogP contribution in [-0.2, 0) is 6.54 Å². The van der Waals surface area contributed by atoms with Crippen molar-refractivity contribution in [2.75, 3.05) is 0 Å². The van der Waals surface area contributed by atoms with Gasteiger partial charge in [-0.2, -0.15) is 5.10 Å². The second-order valence-electron chi connectivity index (χ2n) is 3.54. The number of carbonyl (C=O) groups is 1. The van der Waals surface area contributed by atoms with Gasteiger partial charge in [0.05, 0.1) is 22.1 Å². The number of carbonyl (C=O) groups excluding carboxylic acids is 1. The molecule has 1 amide bonds. The van der Waals surface area contributed by atoms with Crippen LogP contribution in [0.1, 0.15) is 16.2 Å². The van der Waals surface area contributed by atoms with Crippen molar-refractivity contribution in [3.63, 3.8) is 0 Å². The molecule has 19 heavy (non-hydrogen) atoms. The first kappa shape index (κ1) is 13.0. The van der Waals surface area contributed by atoms with Crippen LogP contribution in [0, 0.1) is 10.1 Å². The van der Waals surface area contributed by atoms with E-state index in [0.29, 0.717) is 5.82 Å². The van der Waals surface area contributed by atoms with Gasteiger partial charge in [0.15, 0.2) is 0 Å². The van der Waals surface area contributed by atoms with Gasteiger partial charge >= 0.3 is 0 Å². The van der Waals surface area contributed by atoms with Crippen LogP contribution < -0.4 is 5.32 Å². The number of benzene rings is 1. The highest BCUT2D eigenvalue weighted by Crippen LogP contribution is 2.22. The number of nitro benzene ring substituents is 1. The molecule has 9 heteroatoms. The highest BCUT2D eigenvalue weighted by atomic mass is 35.5.